The van der Waals surface area contributed by atoms with Gasteiger partial charge in [-0.3, -0.25) is 4.79 Å². The second kappa shape index (κ2) is 6.79. The molecule has 21 heavy (non-hydrogen) atoms. The number of rotatable bonds is 3. The number of benzene rings is 1. The molecule has 0 saturated heterocycles. The van der Waals surface area contributed by atoms with Crippen LogP contribution in [0.15, 0.2) is 29.6 Å². The molecular weight excluding hydrogens is 290 g/mol. The number of carbonyl (C=O) groups excluding carboxylic acids is 1. The van der Waals surface area contributed by atoms with Gasteiger partial charge in [-0.2, -0.15) is 0 Å². The molecule has 2 rings (SSSR count). The van der Waals surface area contributed by atoms with Crippen LogP contribution < -0.4 is 5.32 Å². The molecule has 0 aliphatic heterocycles. The van der Waals surface area contributed by atoms with Crippen LogP contribution in [0.3, 0.4) is 0 Å². The molecule has 0 aliphatic rings. The molecule has 0 spiro atoms. The lowest BCUT2D eigenvalue weighted by molar-refractivity contribution is 0.0946. The molecule has 6 heteroatoms. The van der Waals surface area contributed by atoms with Crippen molar-refractivity contribution in [3.8, 4) is 23.3 Å². The molecule has 0 unspecified atom stereocenters. The van der Waals surface area contributed by atoms with Crippen molar-refractivity contribution in [3.05, 3.63) is 45.6 Å². The smallest absolute Gasteiger partial charge is 0.259 e. The van der Waals surface area contributed by atoms with Crippen molar-refractivity contribution in [2.24, 2.45) is 0 Å². The lowest BCUT2D eigenvalue weighted by atomic mass is 10.1. The summed E-state index contributed by atoms with van der Waals surface area (Å²) in [4.78, 5) is 12.8. The van der Waals surface area contributed by atoms with E-state index < -0.39 is 5.91 Å². The van der Waals surface area contributed by atoms with E-state index in [9.17, 15) is 15.0 Å². The minimum absolute atomic E-state index is 0.144. The first kappa shape index (κ1) is 14.9. The van der Waals surface area contributed by atoms with E-state index in [0.717, 1.165) is 10.4 Å². The molecule has 2 aromatic rings. The zero-order valence-corrected chi connectivity index (χ0v) is 11.8. The molecule has 0 radical (unpaired) electrons. The fraction of sp³-hybridized carbons (Fsp3) is 0.133. The highest BCUT2D eigenvalue weighted by Gasteiger charge is 2.15. The van der Waals surface area contributed by atoms with Gasteiger partial charge in [0.15, 0.2) is 0 Å². The third-order valence-corrected chi connectivity index (χ3v) is 3.57. The number of carbonyl (C=O) groups is 1. The molecule has 108 valence electrons. The molecule has 1 aromatic heterocycles. The fourth-order valence-electron chi connectivity index (χ4n) is 1.70. The predicted octanol–water partition coefficient (Wildman–Crippen LogP) is 1.43. The lowest BCUT2D eigenvalue weighted by Gasteiger charge is -2.07. The molecule has 0 aliphatic carbocycles. The van der Waals surface area contributed by atoms with E-state index in [1.807, 2.05) is 5.38 Å². The van der Waals surface area contributed by atoms with E-state index in [-0.39, 0.29) is 30.2 Å². The largest absolute Gasteiger partial charge is 0.507 e. The molecule has 1 heterocycles. The predicted molar refractivity (Wildman–Crippen MR) is 79.2 cm³/mol. The second-order valence-corrected chi connectivity index (χ2v) is 5.11. The van der Waals surface area contributed by atoms with Gasteiger partial charge >= 0.3 is 0 Å². The molecule has 0 bridgehead atoms. The summed E-state index contributed by atoms with van der Waals surface area (Å²) < 4.78 is 0. The van der Waals surface area contributed by atoms with E-state index in [1.54, 1.807) is 6.07 Å². The minimum atomic E-state index is -0.554. The van der Waals surface area contributed by atoms with Crippen molar-refractivity contribution in [1.82, 2.24) is 5.32 Å². The molecule has 0 saturated carbocycles. The Morgan fingerprint density at radius 2 is 2.00 bits per heavy atom. The van der Waals surface area contributed by atoms with Gasteiger partial charge in [0.1, 0.15) is 23.7 Å². The zero-order valence-electron chi connectivity index (χ0n) is 11.0. The van der Waals surface area contributed by atoms with Crippen LogP contribution >= 0.6 is 11.3 Å². The summed E-state index contributed by atoms with van der Waals surface area (Å²) >= 11 is 1.42. The zero-order chi connectivity index (χ0) is 15.2. The Balaban J connectivity index is 2.03. The highest BCUT2D eigenvalue weighted by atomic mass is 32.1. The Bertz CT molecular complexity index is 692. The Labute approximate surface area is 125 Å². The number of aliphatic hydroxyl groups excluding tert-OH is 1. The highest BCUT2D eigenvalue weighted by molar-refractivity contribution is 7.10. The number of nitrogens with one attached hydrogen (secondary N) is 1. The summed E-state index contributed by atoms with van der Waals surface area (Å²) in [6, 6.07) is 5.93. The summed E-state index contributed by atoms with van der Waals surface area (Å²) in [5, 5.41) is 32.3. The number of hydrogen-bond donors (Lipinski definition) is 4. The van der Waals surface area contributed by atoms with E-state index in [2.05, 4.69) is 17.2 Å². The van der Waals surface area contributed by atoms with Crippen LogP contribution in [0.25, 0.3) is 0 Å². The van der Waals surface area contributed by atoms with Gasteiger partial charge in [0, 0.05) is 15.8 Å². The van der Waals surface area contributed by atoms with E-state index in [4.69, 9.17) is 5.11 Å². The standard InChI is InChI=1S/C15H13NO4S/c17-6-2-3-10-7-11(21-9-10)8-16-15(20)14-12(18)4-1-5-13(14)19/h1,4-5,7,9,17-19H,6,8H2,(H,16,20). The van der Waals surface area contributed by atoms with E-state index in [1.165, 1.54) is 29.5 Å². The second-order valence-electron chi connectivity index (χ2n) is 4.12. The number of aliphatic hydroxyl groups is 1. The van der Waals surface area contributed by atoms with Crippen molar-refractivity contribution < 1.29 is 20.1 Å². The number of aromatic hydroxyl groups is 2. The number of amides is 1. The third-order valence-electron chi connectivity index (χ3n) is 2.64. The average molecular weight is 303 g/mol. The van der Waals surface area contributed by atoms with Gasteiger partial charge in [0.25, 0.3) is 5.91 Å². The molecule has 1 amide bonds. The minimum Gasteiger partial charge on any atom is -0.507 e. The number of hydrogen-bond acceptors (Lipinski definition) is 5. The fourth-order valence-corrected chi connectivity index (χ4v) is 2.45. The number of thiophene rings is 1. The Morgan fingerprint density at radius 1 is 1.29 bits per heavy atom. The molecule has 4 N–H and O–H groups in total. The van der Waals surface area contributed by atoms with Gasteiger partial charge in [-0.15, -0.1) is 11.3 Å². The summed E-state index contributed by atoms with van der Waals surface area (Å²) in [5.74, 6) is 4.22. The molecule has 0 atom stereocenters. The van der Waals surface area contributed by atoms with Crippen molar-refractivity contribution >= 4 is 17.2 Å². The maximum atomic E-state index is 12.0. The van der Waals surface area contributed by atoms with Gasteiger partial charge in [0.2, 0.25) is 0 Å². The maximum Gasteiger partial charge on any atom is 0.259 e. The SMILES string of the molecule is O=C(NCc1cc(C#CCO)cs1)c1c(O)cccc1O. The summed E-state index contributed by atoms with van der Waals surface area (Å²) in [6.07, 6.45) is 0. The molecule has 0 fully saturated rings. The van der Waals surface area contributed by atoms with Crippen LogP contribution in [-0.4, -0.2) is 27.8 Å². The van der Waals surface area contributed by atoms with Crippen molar-refractivity contribution in [1.29, 1.82) is 0 Å². The van der Waals surface area contributed by atoms with Gasteiger partial charge in [0.05, 0.1) is 6.54 Å². The van der Waals surface area contributed by atoms with Gasteiger partial charge < -0.3 is 20.6 Å². The average Bonchev–Trinajstić information content (AvgIpc) is 2.90. The first-order valence-corrected chi connectivity index (χ1v) is 6.96. The summed E-state index contributed by atoms with van der Waals surface area (Å²) in [6.45, 7) is 0.0621. The van der Waals surface area contributed by atoms with Crippen LogP contribution in [0.5, 0.6) is 11.5 Å². The van der Waals surface area contributed by atoms with Crippen molar-refractivity contribution in [3.63, 3.8) is 0 Å². The Morgan fingerprint density at radius 3 is 2.67 bits per heavy atom. The third kappa shape index (κ3) is 3.75. The van der Waals surface area contributed by atoms with Crippen LogP contribution in [0.1, 0.15) is 20.8 Å². The van der Waals surface area contributed by atoms with E-state index in [0.29, 0.717) is 0 Å². The Kier molecular flexibility index (Phi) is 4.82. The van der Waals surface area contributed by atoms with Crippen LogP contribution in [0.2, 0.25) is 0 Å². The van der Waals surface area contributed by atoms with Gasteiger partial charge in [-0.25, -0.2) is 0 Å². The maximum absolute atomic E-state index is 12.0. The van der Waals surface area contributed by atoms with Crippen LogP contribution in [-0.2, 0) is 6.54 Å². The highest BCUT2D eigenvalue weighted by Crippen LogP contribution is 2.26. The van der Waals surface area contributed by atoms with Gasteiger partial charge in [-0.05, 0) is 18.2 Å². The molecule has 5 nitrogen and oxygen atoms in total. The van der Waals surface area contributed by atoms with Crippen molar-refractivity contribution in [2.45, 2.75) is 6.54 Å². The lowest BCUT2D eigenvalue weighted by Crippen LogP contribution is -2.22. The topological polar surface area (TPSA) is 89.8 Å². The number of phenolic OH excluding ortho intramolecular Hbond substituents is 2. The van der Waals surface area contributed by atoms with Crippen LogP contribution in [0, 0.1) is 11.8 Å². The van der Waals surface area contributed by atoms with E-state index >= 15 is 0 Å². The molecular formula is C15H13NO4S. The summed E-state index contributed by atoms with van der Waals surface area (Å²) in [7, 11) is 0. The van der Waals surface area contributed by atoms with Crippen molar-refractivity contribution in [2.75, 3.05) is 6.61 Å². The first-order chi connectivity index (χ1) is 10.1. The van der Waals surface area contributed by atoms with Gasteiger partial charge in [-0.1, -0.05) is 17.9 Å². The normalized spacial score (nSPS) is 9.76. The Hall–Kier alpha value is -2.49. The quantitative estimate of drug-likeness (QED) is 0.646. The van der Waals surface area contributed by atoms with Crippen LogP contribution in [0.4, 0.5) is 0 Å². The number of phenols is 2. The molecule has 1 aromatic carbocycles. The summed E-state index contributed by atoms with van der Waals surface area (Å²) in [5.41, 5.74) is 0.623. The first-order valence-electron chi connectivity index (χ1n) is 6.08. The monoisotopic (exact) mass is 303 g/mol.